The van der Waals surface area contributed by atoms with Gasteiger partial charge in [-0.3, -0.25) is 4.57 Å². The summed E-state index contributed by atoms with van der Waals surface area (Å²) >= 11 is 3.22. The van der Waals surface area contributed by atoms with E-state index in [4.69, 9.17) is 4.42 Å². The molecule has 0 saturated heterocycles. The molecule has 3 aromatic heterocycles. The standard InChI is InChI=1S/C18H16N4OS2/c1-12-5-7-15(8-6-12)22-13(2)20-21-18(22)25-11-14-10-23-17(19-14)16-4-3-9-24-16/h3-10H,11H2,1-2H3. The molecule has 4 rings (SSSR count). The second kappa shape index (κ2) is 6.85. The van der Waals surface area contributed by atoms with Crippen molar-refractivity contribution in [2.24, 2.45) is 0 Å². The van der Waals surface area contributed by atoms with Gasteiger partial charge >= 0.3 is 0 Å². The first-order chi connectivity index (χ1) is 12.2. The average molecular weight is 368 g/mol. The molecule has 5 nitrogen and oxygen atoms in total. The molecule has 0 aliphatic carbocycles. The van der Waals surface area contributed by atoms with Crippen LogP contribution in [0.3, 0.4) is 0 Å². The molecule has 25 heavy (non-hydrogen) atoms. The molecule has 0 spiro atoms. The fourth-order valence-corrected chi connectivity index (χ4v) is 3.98. The number of aryl methyl sites for hydroxylation is 2. The zero-order valence-corrected chi connectivity index (χ0v) is 15.5. The van der Waals surface area contributed by atoms with Crippen molar-refractivity contribution in [3.05, 3.63) is 65.1 Å². The van der Waals surface area contributed by atoms with Gasteiger partial charge in [-0.1, -0.05) is 35.5 Å². The van der Waals surface area contributed by atoms with Crippen LogP contribution in [0.5, 0.6) is 0 Å². The third kappa shape index (κ3) is 3.38. The first kappa shape index (κ1) is 16.1. The Hall–Kier alpha value is -2.38. The van der Waals surface area contributed by atoms with E-state index >= 15 is 0 Å². The lowest BCUT2D eigenvalue weighted by Crippen LogP contribution is -1.99. The fraction of sp³-hybridized carbons (Fsp3) is 0.167. The number of nitrogens with zero attached hydrogens (tertiary/aromatic N) is 4. The Morgan fingerprint density at radius 3 is 2.72 bits per heavy atom. The second-order valence-electron chi connectivity index (χ2n) is 5.61. The lowest BCUT2D eigenvalue weighted by atomic mass is 10.2. The van der Waals surface area contributed by atoms with Gasteiger partial charge in [-0.05, 0) is 37.4 Å². The Balaban J connectivity index is 1.53. The lowest BCUT2D eigenvalue weighted by molar-refractivity contribution is 0.575. The van der Waals surface area contributed by atoms with Gasteiger partial charge in [-0.15, -0.1) is 21.5 Å². The van der Waals surface area contributed by atoms with Crippen molar-refractivity contribution in [1.82, 2.24) is 19.7 Å². The minimum absolute atomic E-state index is 0.668. The minimum Gasteiger partial charge on any atom is -0.444 e. The Morgan fingerprint density at radius 1 is 1.12 bits per heavy atom. The van der Waals surface area contributed by atoms with Crippen LogP contribution >= 0.6 is 23.1 Å². The van der Waals surface area contributed by atoms with E-state index in [0.29, 0.717) is 11.6 Å². The molecule has 0 amide bonds. The van der Waals surface area contributed by atoms with Crippen LogP contribution in [0.2, 0.25) is 0 Å². The molecule has 0 bridgehead atoms. The monoisotopic (exact) mass is 368 g/mol. The number of rotatable bonds is 5. The number of thiophene rings is 1. The molecular weight excluding hydrogens is 352 g/mol. The van der Waals surface area contributed by atoms with Gasteiger partial charge in [0.1, 0.15) is 12.1 Å². The summed E-state index contributed by atoms with van der Waals surface area (Å²) in [6.45, 7) is 4.04. The summed E-state index contributed by atoms with van der Waals surface area (Å²) in [5.41, 5.74) is 3.19. The van der Waals surface area contributed by atoms with Crippen molar-refractivity contribution < 1.29 is 4.42 Å². The maximum Gasteiger partial charge on any atom is 0.236 e. The van der Waals surface area contributed by atoms with Crippen LogP contribution in [0, 0.1) is 13.8 Å². The summed E-state index contributed by atoms with van der Waals surface area (Å²) in [5, 5.41) is 11.4. The number of hydrogen-bond donors (Lipinski definition) is 0. The molecule has 7 heteroatoms. The van der Waals surface area contributed by atoms with Gasteiger partial charge < -0.3 is 4.42 Å². The highest BCUT2D eigenvalue weighted by molar-refractivity contribution is 7.98. The van der Waals surface area contributed by atoms with Gasteiger partial charge in [0, 0.05) is 11.4 Å². The molecule has 0 aliphatic rings. The molecule has 3 heterocycles. The zero-order valence-electron chi connectivity index (χ0n) is 13.8. The van der Waals surface area contributed by atoms with E-state index in [1.54, 1.807) is 29.4 Å². The molecule has 0 atom stereocenters. The molecule has 0 unspecified atom stereocenters. The lowest BCUT2D eigenvalue weighted by Gasteiger charge is -2.08. The average Bonchev–Trinajstić information content (AvgIpc) is 3.34. The Bertz CT molecular complexity index is 971. The zero-order chi connectivity index (χ0) is 17.2. The smallest absolute Gasteiger partial charge is 0.236 e. The highest BCUT2D eigenvalue weighted by atomic mass is 32.2. The largest absolute Gasteiger partial charge is 0.444 e. The molecule has 0 radical (unpaired) electrons. The maximum atomic E-state index is 5.57. The highest BCUT2D eigenvalue weighted by Gasteiger charge is 2.13. The van der Waals surface area contributed by atoms with Crippen molar-refractivity contribution in [3.63, 3.8) is 0 Å². The molecular formula is C18H16N4OS2. The number of aromatic nitrogens is 4. The van der Waals surface area contributed by atoms with Crippen molar-refractivity contribution in [1.29, 1.82) is 0 Å². The van der Waals surface area contributed by atoms with Gasteiger partial charge in [0.25, 0.3) is 0 Å². The van der Waals surface area contributed by atoms with E-state index in [-0.39, 0.29) is 0 Å². The van der Waals surface area contributed by atoms with E-state index in [0.717, 1.165) is 27.2 Å². The summed E-state index contributed by atoms with van der Waals surface area (Å²) in [6, 6.07) is 12.3. The quantitative estimate of drug-likeness (QED) is 0.469. The van der Waals surface area contributed by atoms with E-state index < -0.39 is 0 Å². The van der Waals surface area contributed by atoms with Gasteiger partial charge in [0.2, 0.25) is 5.89 Å². The van der Waals surface area contributed by atoms with Crippen LogP contribution in [0.15, 0.2) is 57.6 Å². The number of benzene rings is 1. The van der Waals surface area contributed by atoms with Crippen molar-refractivity contribution in [3.8, 4) is 16.5 Å². The summed E-state index contributed by atoms with van der Waals surface area (Å²) < 4.78 is 7.63. The van der Waals surface area contributed by atoms with E-state index in [1.807, 2.05) is 24.4 Å². The predicted octanol–water partition coefficient (Wildman–Crippen LogP) is 4.89. The van der Waals surface area contributed by atoms with Crippen molar-refractivity contribution in [2.75, 3.05) is 0 Å². The molecule has 0 fully saturated rings. The minimum atomic E-state index is 0.668. The normalized spacial score (nSPS) is 11.1. The van der Waals surface area contributed by atoms with E-state index in [2.05, 4.69) is 50.9 Å². The second-order valence-corrected chi connectivity index (χ2v) is 7.50. The Labute approximate surface area is 153 Å². The van der Waals surface area contributed by atoms with Gasteiger partial charge in [-0.2, -0.15) is 0 Å². The summed E-state index contributed by atoms with van der Waals surface area (Å²) in [5.74, 6) is 2.21. The molecule has 1 aromatic carbocycles. The van der Waals surface area contributed by atoms with Crippen LogP contribution in [0.1, 0.15) is 17.1 Å². The Morgan fingerprint density at radius 2 is 1.96 bits per heavy atom. The third-order valence-corrected chi connectivity index (χ3v) is 5.54. The topological polar surface area (TPSA) is 56.7 Å². The number of oxazole rings is 1. The molecule has 0 saturated carbocycles. The highest BCUT2D eigenvalue weighted by Crippen LogP contribution is 2.28. The fourth-order valence-electron chi connectivity index (χ4n) is 2.45. The van der Waals surface area contributed by atoms with Crippen LogP contribution in [0.25, 0.3) is 16.5 Å². The SMILES string of the molecule is Cc1ccc(-n2c(C)nnc2SCc2coc(-c3cccs3)n2)cc1. The molecule has 4 aromatic rings. The molecule has 126 valence electrons. The summed E-state index contributed by atoms with van der Waals surface area (Å²) in [4.78, 5) is 5.59. The van der Waals surface area contributed by atoms with E-state index in [1.165, 1.54) is 5.56 Å². The Kier molecular flexibility index (Phi) is 4.42. The van der Waals surface area contributed by atoms with Crippen LogP contribution in [-0.2, 0) is 5.75 Å². The van der Waals surface area contributed by atoms with Gasteiger partial charge in [-0.25, -0.2) is 4.98 Å². The molecule has 0 N–H and O–H groups in total. The van der Waals surface area contributed by atoms with Gasteiger partial charge in [0.15, 0.2) is 5.16 Å². The third-order valence-electron chi connectivity index (χ3n) is 3.72. The van der Waals surface area contributed by atoms with Gasteiger partial charge in [0.05, 0.1) is 10.6 Å². The first-order valence-corrected chi connectivity index (χ1v) is 9.67. The van der Waals surface area contributed by atoms with Crippen LogP contribution < -0.4 is 0 Å². The summed E-state index contributed by atoms with van der Waals surface area (Å²) in [6.07, 6.45) is 1.71. The van der Waals surface area contributed by atoms with Crippen LogP contribution in [-0.4, -0.2) is 19.7 Å². The number of hydrogen-bond acceptors (Lipinski definition) is 6. The van der Waals surface area contributed by atoms with E-state index in [9.17, 15) is 0 Å². The van der Waals surface area contributed by atoms with Crippen molar-refractivity contribution in [2.45, 2.75) is 24.8 Å². The summed E-state index contributed by atoms with van der Waals surface area (Å²) in [7, 11) is 0. The van der Waals surface area contributed by atoms with Crippen molar-refractivity contribution >= 4 is 23.1 Å². The maximum absolute atomic E-state index is 5.57. The molecule has 0 aliphatic heterocycles. The first-order valence-electron chi connectivity index (χ1n) is 7.81. The van der Waals surface area contributed by atoms with Crippen LogP contribution in [0.4, 0.5) is 0 Å². The number of thioether (sulfide) groups is 1. The predicted molar refractivity (Wildman–Crippen MR) is 100 cm³/mol.